The average Bonchev–Trinajstić information content (AvgIpc) is 2.30. The Bertz CT molecular complexity index is 133. The van der Waals surface area contributed by atoms with E-state index in [-0.39, 0.29) is 0 Å². The second-order valence-corrected chi connectivity index (χ2v) is 3.37. The maximum Gasteiger partial charge on any atom is -0.0177 e. The van der Waals surface area contributed by atoms with Gasteiger partial charge >= 0.3 is 0 Å². The summed E-state index contributed by atoms with van der Waals surface area (Å²) in [6.07, 6.45) is 6.44. The topological polar surface area (TPSA) is 0 Å². The van der Waals surface area contributed by atoms with E-state index in [4.69, 9.17) is 0 Å². The summed E-state index contributed by atoms with van der Waals surface area (Å²) in [6.45, 7) is 6.89. The summed E-state index contributed by atoms with van der Waals surface area (Å²) in [5.41, 5.74) is 1.63. The molecule has 0 radical (unpaired) electrons. The molecular formula is C10H18. The summed E-state index contributed by atoms with van der Waals surface area (Å²) in [4.78, 5) is 0. The van der Waals surface area contributed by atoms with Gasteiger partial charge in [-0.05, 0) is 31.6 Å². The minimum atomic E-state index is 0.907. The Morgan fingerprint density at radius 2 is 2.10 bits per heavy atom. The molecule has 0 spiro atoms. The van der Waals surface area contributed by atoms with Gasteiger partial charge in [0.1, 0.15) is 0 Å². The Kier molecular flexibility index (Phi) is 2.53. The summed E-state index contributed by atoms with van der Waals surface area (Å²) in [7, 11) is 0. The van der Waals surface area contributed by atoms with Gasteiger partial charge < -0.3 is 0 Å². The highest BCUT2D eigenvalue weighted by atomic mass is 14.3. The van der Waals surface area contributed by atoms with Crippen LogP contribution in [0.1, 0.15) is 40.0 Å². The van der Waals surface area contributed by atoms with Gasteiger partial charge in [0.2, 0.25) is 0 Å². The van der Waals surface area contributed by atoms with E-state index in [0.29, 0.717) is 0 Å². The molecule has 0 saturated carbocycles. The van der Waals surface area contributed by atoms with E-state index >= 15 is 0 Å². The van der Waals surface area contributed by atoms with Gasteiger partial charge in [0.05, 0.1) is 0 Å². The van der Waals surface area contributed by atoms with E-state index in [1.165, 1.54) is 19.3 Å². The third-order valence-electron chi connectivity index (χ3n) is 2.86. The molecule has 0 bridgehead atoms. The Balaban J connectivity index is 2.54. The Morgan fingerprint density at radius 1 is 1.40 bits per heavy atom. The van der Waals surface area contributed by atoms with Gasteiger partial charge in [-0.25, -0.2) is 0 Å². The number of allylic oxidation sites excluding steroid dienone is 2. The van der Waals surface area contributed by atoms with Gasteiger partial charge in [0.15, 0.2) is 0 Å². The van der Waals surface area contributed by atoms with Crippen LogP contribution in [0.15, 0.2) is 11.6 Å². The molecule has 0 aromatic rings. The van der Waals surface area contributed by atoms with Crippen molar-refractivity contribution in [1.82, 2.24) is 0 Å². The fourth-order valence-corrected chi connectivity index (χ4v) is 2.13. The zero-order valence-corrected chi connectivity index (χ0v) is 7.35. The summed E-state index contributed by atoms with van der Waals surface area (Å²) in [6, 6.07) is 0. The lowest BCUT2D eigenvalue weighted by atomic mass is 9.88. The van der Waals surface area contributed by atoms with Crippen molar-refractivity contribution in [1.29, 1.82) is 0 Å². The van der Waals surface area contributed by atoms with Crippen LogP contribution in [-0.2, 0) is 0 Å². The van der Waals surface area contributed by atoms with Gasteiger partial charge in [-0.1, -0.05) is 31.9 Å². The maximum absolute atomic E-state index is 2.42. The molecule has 0 saturated heterocycles. The molecule has 1 aliphatic rings. The summed E-state index contributed by atoms with van der Waals surface area (Å²) in [5, 5.41) is 0. The van der Waals surface area contributed by atoms with E-state index in [9.17, 15) is 0 Å². The molecule has 2 atom stereocenters. The number of hydrogen-bond donors (Lipinski definition) is 0. The van der Waals surface area contributed by atoms with Gasteiger partial charge in [-0.15, -0.1) is 0 Å². The highest BCUT2D eigenvalue weighted by molar-refractivity contribution is 5.12. The fraction of sp³-hybridized carbons (Fsp3) is 0.800. The Hall–Kier alpha value is -0.260. The van der Waals surface area contributed by atoms with Crippen molar-refractivity contribution < 1.29 is 0 Å². The minimum Gasteiger partial charge on any atom is -0.0850 e. The molecule has 0 nitrogen and oxygen atoms in total. The number of hydrogen-bond acceptors (Lipinski definition) is 0. The van der Waals surface area contributed by atoms with Crippen LogP contribution in [0.3, 0.4) is 0 Å². The van der Waals surface area contributed by atoms with Crippen LogP contribution in [0.5, 0.6) is 0 Å². The van der Waals surface area contributed by atoms with Crippen LogP contribution < -0.4 is 0 Å². The first-order valence-electron chi connectivity index (χ1n) is 4.46. The highest BCUT2D eigenvalue weighted by Gasteiger charge is 2.23. The first kappa shape index (κ1) is 7.84. The van der Waals surface area contributed by atoms with Crippen molar-refractivity contribution in [2.75, 3.05) is 0 Å². The molecule has 1 aliphatic carbocycles. The number of rotatable bonds is 2. The molecule has 0 aromatic heterocycles. The predicted octanol–water partition coefficient (Wildman–Crippen LogP) is 3.39. The van der Waals surface area contributed by atoms with Gasteiger partial charge in [0.25, 0.3) is 0 Å². The fourth-order valence-electron chi connectivity index (χ4n) is 2.13. The van der Waals surface area contributed by atoms with E-state index in [1.54, 1.807) is 5.57 Å². The summed E-state index contributed by atoms with van der Waals surface area (Å²) < 4.78 is 0. The summed E-state index contributed by atoms with van der Waals surface area (Å²) in [5.74, 6) is 1.87. The quantitative estimate of drug-likeness (QED) is 0.513. The van der Waals surface area contributed by atoms with Crippen LogP contribution in [0.4, 0.5) is 0 Å². The first-order valence-corrected chi connectivity index (χ1v) is 4.46. The van der Waals surface area contributed by atoms with E-state index in [1.807, 2.05) is 0 Å². The lowest BCUT2D eigenvalue weighted by Crippen LogP contribution is -2.07. The SMILES string of the molecule is CCC1CC=C(C)C1CC. The monoisotopic (exact) mass is 138 g/mol. The normalized spacial score (nSPS) is 32.5. The summed E-state index contributed by atoms with van der Waals surface area (Å²) >= 11 is 0. The Morgan fingerprint density at radius 3 is 2.50 bits per heavy atom. The third kappa shape index (κ3) is 1.25. The van der Waals surface area contributed by atoms with Gasteiger partial charge in [0, 0.05) is 0 Å². The molecule has 2 unspecified atom stereocenters. The van der Waals surface area contributed by atoms with Crippen molar-refractivity contribution in [3.8, 4) is 0 Å². The lowest BCUT2D eigenvalue weighted by molar-refractivity contribution is 0.389. The zero-order valence-electron chi connectivity index (χ0n) is 7.35. The molecule has 1 rings (SSSR count). The lowest BCUT2D eigenvalue weighted by Gasteiger charge is -2.17. The average molecular weight is 138 g/mol. The molecule has 0 aromatic carbocycles. The van der Waals surface area contributed by atoms with Crippen molar-refractivity contribution in [2.24, 2.45) is 11.8 Å². The predicted molar refractivity (Wildman–Crippen MR) is 45.9 cm³/mol. The molecule has 10 heavy (non-hydrogen) atoms. The maximum atomic E-state index is 2.42. The van der Waals surface area contributed by atoms with Crippen molar-refractivity contribution in [3.63, 3.8) is 0 Å². The highest BCUT2D eigenvalue weighted by Crippen LogP contribution is 2.35. The third-order valence-corrected chi connectivity index (χ3v) is 2.86. The molecular weight excluding hydrogens is 120 g/mol. The van der Waals surface area contributed by atoms with Crippen LogP contribution in [0.25, 0.3) is 0 Å². The second kappa shape index (κ2) is 3.23. The van der Waals surface area contributed by atoms with Gasteiger partial charge in [-0.2, -0.15) is 0 Å². The van der Waals surface area contributed by atoms with Crippen molar-refractivity contribution in [3.05, 3.63) is 11.6 Å². The van der Waals surface area contributed by atoms with Crippen LogP contribution in [-0.4, -0.2) is 0 Å². The minimum absolute atomic E-state index is 0.907. The molecule has 0 aliphatic heterocycles. The second-order valence-electron chi connectivity index (χ2n) is 3.37. The van der Waals surface area contributed by atoms with Crippen LogP contribution >= 0.6 is 0 Å². The Labute approximate surface area is 64.3 Å². The molecule has 0 N–H and O–H groups in total. The zero-order chi connectivity index (χ0) is 7.56. The molecule has 0 heteroatoms. The standard InChI is InChI=1S/C10H18/c1-4-9-7-6-8(3)10(9)5-2/h6,9-10H,4-5,7H2,1-3H3. The molecule has 0 heterocycles. The van der Waals surface area contributed by atoms with E-state index in [0.717, 1.165) is 11.8 Å². The largest absolute Gasteiger partial charge is 0.0850 e. The first-order chi connectivity index (χ1) is 4.79. The van der Waals surface area contributed by atoms with Crippen molar-refractivity contribution in [2.45, 2.75) is 40.0 Å². The molecule has 0 fully saturated rings. The van der Waals surface area contributed by atoms with Crippen LogP contribution in [0, 0.1) is 11.8 Å². The van der Waals surface area contributed by atoms with E-state index < -0.39 is 0 Å². The van der Waals surface area contributed by atoms with Crippen LogP contribution in [0.2, 0.25) is 0 Å². The van der Waals surface area contributed by atoms with Gasteiger partial charge in [-0.3, -0.25) is 0 Å². The molecule has 0 amide bonds. The van der Waals surface area contributed by atoms with Crippen molar-refractivity contribution >= 4 is 0 Å². The van der Waals surface area contributed by atoms with E-state index in [2.05, 4.69) is 26.8 Å². The molecule has 58 valence electrons. The smallest absolute Gasteiger partial charge is 0.0177 e.